The molecule has 0 saturated carbocycles. The Morgan fingerprint density at radius 1 is 1.16 bits per heavy atom. The van der Waals surface area contributed by atoms with Crippen LogP contribution in [0.5, 0.6) is 0 Å². The predicted octanol–water partition coefficient (Wildman–Crippen LogP) is 2.37. The minimum atomic E-state index is -3.80. The highest BCUT2D eigenvalue weighted by molar-refractivity contribution is 9.10. The van der Waals surface area contributed by atoms with E-state index < -0.39 is 14.9 Å². The second-order valence-electron chi connectivity index (χ2n) is 7.82. The first-order valence-corrected chi connectivity index (χ1v) is 12.3. The van der Waals surface area contributed by atoms with Crippen molar-refractivity contribution in [2.45, 2.75) is 35.7 Å². The number of nitro benzene ring substituents is 1. The van der Waals surface area contributed by atoms with Gasteiger partial charge in [0.05, 0.1) is 16.4 Å². The summed E-state index contributed by atoms with van der Waals surface area (Å²) in [6, 6.07) is 8.66. The highest BCUT2D eigenvalue weighted by Gasteiger charge is 2.50. The van der Waals surface area contributed by atoms with Crippen molar-refractivity contribution in [1.29, 1.82) is 0 Å². The largest absolute Gasteiger partial charge is 0.395 e. The lowest BCUT2D eigenvalue weighted by Gasteiger charge is -2.56. The van der Waals surface area contributed by atoms with Crippen LogP contribution in [0.3, 0.4) is 0 Å². The van der Waals surface area contributed by atoms with Crippen LogP contribution in [-0.4, -0.2) is 71.0 Å². The summed E-state index contributed by atoms with van der Waals surface area (Å²) in [6.07, 6.45) is 3.30. The van der Waals surface area contributed by atoms with E-state index in [-0.39, 0.29) is 41.7 Å². The molecular weight excluding hydrogens is 488 g/mol. The van der Waals surface area contributed by atoms with Crippen molar-refractivity contribution < 1.29 is 18.4 Å². The molecule has 3 atom stereocenters. The van der Waals surface area contributed by atoms with Crippen LogP contribution >= 0.6 is 15.9 Å². The molecule has 1 N–H and O–H groups in total. The van der Waals surface area contributed by atoms with Crippen LogP contribution in [0.4, 0.5) is 5.69 Å². The molecule has 2 aromatic rings. The van der Waals surface area contributed by atoms with Crippen LogP contribution in [0.1, 0.15) is 24.3 Å². The van der Waals surface area contributed by atoms with E-state index in [9.17, 15) is 23.6 Å². The molecule has 2 aliphatic rings. The molecule has 0 radical (unpaired) electrons. The number of pyridine rings is 1. The Bertz CT molecular complexity index is 1050. The van der Waals surface area contributed by atoms with Crippen molar-refractivity contribution >= 4 is 31.6 Å². The highest BCUT2D eigenvalue weighted by Crippen LogP contribution is 2.42. The van der Waals surface area contributed by atoms with Crippen molar-refractivity contribution in [3.05, 3.63) is 62.9 Å². The monoisotopic (exact) mass is 510 g/mol. The maximum absolute atomic E-state index is 13.3. The quantitative estimate of drug-likeness (QED) is 0.372. The van der Waals surface area contributed by atoms with E-state index in [1.165, 1.54) is 28.6 Å². The summed E-state index contributed by atoms with van der Waals surface area (Å²) in [7, 11) is -3.80. The number of sulfonamides is 1. The van der Waals surface area contributed by atoms with Gasteiger partial charge < -0.3 is 5.11 Å². The highest BCUT2D eigenvalue weighted by atomic mass is 79.9. The van der Waals surface area contributed by atoms with E-state index in [0.29, 0.717) is 17.6 Å². The number of non-ortho nitro benzene ring substituents is 1. The van der Waals surface area contributed by atoms with Gasteiger partial charge in [0, 0.05) is 49.4 Å². The van der Waals surface area contributed by atoms with Gasteiger partial charge in [-0.15, -0.1) is 0 Å². The lowest BCUT2D eigenvalue weighted by molar-refractivity contribution is -0.384. The molecule has 2 aliphatic heterocycles. The molecule has 9 nitrogen and oxygen atoms in total. The van der Waals surface area contributed by atoms with Crippen LogP contribution < -0.4 is 0 Å². The fraction of sp³-hybridized carbons (Fsp3) is 0.450. The number of benzene rings is 1. The topological polar surface area (TPSA) is 117 Å². The number of aliphatic hydroxyl groups is 1. The van der Waals surface area contributed by atoms with Gasteiger partial charge in [-0.05, 0) is 59.1 Å². The van der Waals surface area contributed by atoms with Crippen molar-refractivity contribution in [3.63, 3.8) is 0 Å². The maximum Gasteiger partial charge on any atom is 0.269 e. The van der Waals surface area contributed by atoms with Gasteiger partial charge in [-0.3, -0.25) is 15.0 Å². The molecular formula is C20H23BrN4O5S. The Hall–Kier alpha value is -1.92. The molecule has 0 spiro atoms. The van der Waals surface area contributed by atoms with Crippen LogP contribution in [-0.2, 0) is 10.0 Å². The number of hydrogen-bond donors (Lipinski definition) is 1. The molecule has 1 aromatic carbocycles. The normalized spacial score (nSPS) is 25.2. The second kappa shape index (κ2) is 8.91. The van der Waals surface area contributed by atoms with E-state index >= 15 is 0 Å². The standard InChI is InChI=1S/C20H23BrN4O5S/c21-19-8-3-14(11-22-19)20-17-12-23(9-1-2-10-24(17)18(20)13-26)31(29,30)16-6-4-15(5-7-16)25(27)28/h3-8,11,17-18,20,26H,1-2,9-10,12-13H2/t17-,18+,20+/m0/s1. The minimum Gasteiger partial charge on any atom is -0.395 e. The number of nitrogens with zero attached hydrogens (tertiary/aromatic N) is 4. The average Bonchev–Trinajstić information content (AvgIpc) is 2.73. The summed E-state index contributed by atoms with van der Waals surface area (Å²) < 4.78 is 28.8. The lowest BCUT2D eigenvalue weighted by atomic mass is 9.75. The summed E-state index contributed by atoms with van der Waals surface area (Å²) in [5.74, 6) is -0.0294. The molecule has 2 fully saturated rings. The summed E-state index contributed by atoms with van der Waals surface area (Å²) in [5, 5.41) is 20.9. The first-order valence-electron chi connectivity index (χ1n) is 10.1. The van der Waals surface area contributed by atoms with E-state index in [0.717, 1.165) is 18.5 Å². The number of nitro groups is 1. The van der Waals surface area contributed by atoms with Gasteiger partial charge in [-0.25, -0.2) is 13.4 Å². The van der Waals surface area contributed by atoms with E-state index in [4.69, 9.17) is 0 Å². The van der Waals surface area contributed by atoms with Gasteiger partial charge in [0.15, 0.2) is 0 Å². The van der Waals surface area contributed by atoms with Crippen LogP contribution in [0.15, 0.2) is 52.1 Å². The number of fused-ring (bicyclic) bond motifs is 1. The molecule has 1 aromatic heterocycles. The molecule has 3 heterocycles. The number of aromatic nitrogens is 1. The van der Waals surface area contributed by atoms with Gasteiger partial charge in [-0.2, -0.15) is 4.31 Å². The molecule has 0 aliphatic carbocycles. The van der Waals surface area contributed by atoms with Crippen LogP contribution in [0.2, 0.25) is 0 Å². The Morgan fingerprint density at radius 3 is 2.48 bits per heavy atom. The number of hydrogen-bond acceptors (Lipinski definition) is 7. The van der Waals surface area contributed by atoms with Gasteiger partial charge in [-0.1, -0.05) is 6.07 Å². The maximum atomic E-state index is 13.3. The third-order valence-electron chi connectivity index (χ3n) is 6.15. The molecule has 0 amide bonds. The van der Waals surface area contributed by atoms with Crippen molar-refractivity contribution in [3.8, 4) is 0 Å². The fourth-order valence-electron chi connectivity index (χ4n) is 4.60. The lowest BCUT2D eigenvalue weighted by Crippen LogP contribution is -2.67. The Morgan fingerprint density at radius 2 is 1.87 bits per heavy atom. The number of rotatable bonds is 5. The van der Waals surface area contributed by atoms with Crippen molar-refractivity contribution in [2.75, 3.05) is 26.2 Å². The third-order valence-corrected chi connectivity index (χ3v) is 8.50. The SMILES string of the molecule is O=[N+]([O-])c1ccc(S(=O)(=O)N2CCCCN3[C@H](CO)[C@H](c4ccc(Br)nc4)[C@@H]3C2)cc1. The smallest absolute Gasteiger partial charge is 0.269 e. The Kier molecular flexibility index (Phi) is 6.40. The van der Waals surface area contributed by atoms with Gasteiger partial charge in [0.25, 0.3) is 5.69 Å². The number of halogens is 1. The Balaban J connectivity index is 1.62. The summed E-state index contributed by atoms with van der Waals surface area (Å²) in [4.78, 5) is 16.9. The van der Waals surface area contributed by atoms with Gasteiger partial charge >= 0.3 is 0 Å². The molecule has 31 heavy (non-hydrogen) atoms. The molecule has 0 bridgehead atoms. The summed E-state index contributed by atoms with van der Waals surface area (Å²) in [6.45, 7) is 1.48. The predicted molar refractivity (Wildman–Crippen MR) is 117 cm³/mol. The fourth-order valence-corrected chi connectivity index (χ4v) is 6.33. The number of aliphatic hydroxyl groups excluding tert-OH is 1. The van der Waals surface area contributed by atoms with E-state index in [1.54, 1.807) is 6.20 Å². The van der Waals surface area contributed by atoms with E-state index in [2.05, 4.69) is 25.8 Å². The molecule has 2 saturated heterocycles. The third kappa shape index (κ3) is 4.24. The molecule has 11 heteroatoms. The molecule has 166 valence electrons. The minimum absolute atomic E-state index is 0.00761. The van der Waals surface area contributed by atoms with Crippen molar-refractivity contribution in [1.82, 2.24) is 14.2 Å². The first-order chi connectivity index (χ1) is 14.8. The zero-order valence-corrected chi connectivity index (χ0v) is 19.1. The summed E-state index contributed by atoms with van der Waals surface area (Å²) in [5.41, 5.74) is 0.821. The van der Waals surface area contributed by atoms with Crippen LogP contribution in [0, 0.1) is 10.1 Å². The molecule has 0 unspecified atom stereocenters. The van der Waals surface area contributed by atoms with E-state index in [1.807, 2.05) is 12.1 Å². The summed E-state index contributed by atoms with van der Waals surface area (Å²) >= 11 is 3.33. The van der Waals surface area contributed by atoms with Crippen molar-refractivity contribution in [2.24, 2.45) is 0 Å². The van der Waals surface area contributed by atoms with Gasteiger partial charge in [0.2, 0.25) is 10.0 Å². The van der Waals surface area contributed by atoms with Gasteiger partial charge in [0.1, 0.15) is 4.60 Å². The Labute approximate surface area is 189 Å². The zero-order valence-electron chi connectivity index (χ0n) is 16.7. The second-order valence-corrected chi connectivity index (χ2v) is 10.6. The van der Waals surface area contributed by atoms with Crippen LogP contribution in [0.25, 0.3) is 0 Å². The average molecular weight is 511 g/mol. The zero-order chi connectivity index (χ0) is 22.2. The molecule has 4 rings (SSSR count). The first kappa shape index (κ1) is 22.3.